The molecule has 1 amide bonds. The number of primary amides is 1. The summed E-state index contributed by atoms with van der Waals surface area (Å²) in [6, 6.07) is 4.32. The molecule has 6 N–H and O–H groups in total. The Morgan fingerprint density at radius 1 is 1.09 bits per heavy atom. The zero-order valence-electron chi connectivity index (χ0n) is 26.7. The van der Waals surface area contributed by atoms with E-state index in [-0.39, 0.29) is 35.3 Å². The van der Waals surface area contributed by atoms with Crippen LogP contribution in [0.5, 0.6) is 5.75 Å². The molecule has 13 nitrogen and oxygen atoms in total. The van der Waals surface area contributed by atoms with Gasteiger partial charge in [0, 0.05) is 57.5 Å². The minimum atomic E-state index is -2.69. The second-order valence-electron chi connectivity index (χ2n) is 13.3. The highest BCUT2D eigenvalue weighted by Gasteiger charge is 2.63. The number of aliphatic hydroxyl groups is 3. The molecule has 0 spiro atoms. The minimum Gasteiger partial charge on any atom is -0.510 e. The molecule has 246 valence electrons. The second kappa shape index (κ2) is 11.3. The fraction of sp³-hybridized carbons (Fsp3) is 0.485. The van der Waals surface area contributed by atoms with Crippen molar-refractivity contribution in [3.05, 3.63) is 57.8 Å². The van der Waals surface area contributed by atoms with Crippen LogP contribution in [0.1, 0.15) is 28.1 Å². The van der Waals surface area contributed by atoms with Crippen molar-refractivity contribution in [2.75, 3.05) is 66.3 Å². The van der Waals surface area contributed by atoms with Gasteiger partial charge in [0.2, 0.25) is 5.78 Å². The molecule has 13 heteroatoms. The Hall–Kier alpha value is -4.17. The zero-order chi connectivity index (χ0) is 33.4. The van der Waals surface area contributed by atoms with Crippen LogP contribution in [-0.2, 0) is 22.6 Å². The molecule has 1 aromatic carbocycles. The first kappa shape index (κ1) is 31.8. The second-order valence-corrected chi connectivity index (χ2v) is 13.3. The van der Waals surface area contributed by atoms with Gasteiger partial charge in [0.25, 0.3) is 5.91 Å². The molecule has 2 aromatic rings. The van der Waals surface area contributed by atoms with Gasteiger partial charge in [0.1, 0.15) is 34.4 Å². The number of benzene rings is 1. The van der Waals surface area contributed by atoms with E-state index in [0.717, 1.165) is 26.2 Å². The number of likely N-dealkylation sites (N-methyl/N-ethyl adjacent to an activating group) is 2. The Bertz CT molecular complexity index is 1700. The highest BCUT2D eigenvalue weighted by Crippen LogP contribution is 2.54. The van der Waals surface area contributed by atoms with Crippen molar-refractivity contribution < 1.29 is 39.2 Å². The average Bonchev–Trinajstić information content (AvgIpc) is 3.44. The molecule has 2 heterocycles. The van der Waals surface area contributed by atoms with Crippen molar-refractivity contribution in [1.29, 1.82) is 0 Å². The van der Waals surface area contributed by atoms with E-state index >= 15 is 0 Å². The van der Waals surface area contributed by atoms with E-state index in [0.29, 0.717) is 29.3 Å². The van der Waals surface area contributed by atoms with Crippen LogP contribution in [0.4, 0.5) is 5.69 Å². The Morgan fingerprint density at radius 3 is 2.37 bits per heavy atom. The standard InChI is InChI=1S/C33H41N5O8/c1-35(2)21-14-19(22-7-6-17(46-22)15-38-10-8-37(5)9-11-38)27(39)24-18(21)12-16-13-20-26(36(3)4)29(41)25(32(34)44)31(43)33(20,45)30(42)23(16)28(24)40/h6-7,14,16,20,26,39,41-42,45H,8-13,15H2,1-5H3,(H2,34,44)/t16-,20-,26-,33-/m1/s1. The lowest BCUT2D eigenvalue weighted by Crippen LogP contribution is -2.63. The van der Waals surface area contributed by atoms with E-state index < -0.39 is 58.0 Å². The van der Waals surface area contributed by atoms with Gasteiger partial charge in [-0.05, 0) is 63.7 Å². The van der Waals surface area contributed by atoms with Crippen LogP contribution in [0, 0.1) is 11.8 Å². The summed E-state index contributed by atoms with van der Waals surface area (Å²) in [6.45, 7) is 4.31. The van der Waals surface area contributed by atoms with Gasteiger partial charge in [0.15, 0.2) is 11.4 Å². The average molecular weight is 636 g/mol. The molecule has 4 aliphatic rings. The lowest BCUT2D eigenvalue weighted by atomic mass is 9.58. The molecule has 3 aliphatic carbocycles. The monoisotopic (exact) mass is 635 g/mol. The number of aromatic hydroxyl groups is 1. The minimum absolute atomic E-state index is 0.0228. The number of hydrogen-bond donors (Lipinski definition) is 5. The van der Waals surface area contributed by atoms with Crippen molar-refractivity contribution in [3.8, 4) is 17.1 Å². The van der Waals surface area contributed by atoms with Gasteiger partial charge in [-0.15, -0.1) is 0 Å². The summed E-state index contributed by atoms with van der Waals surface area (Å²) in [6.07, 6.45) is 0.220. The molecular weight excluding hydrogens is 594 g/mol. The third kappa shape index (κ3) is 4.72. The number of Topliss-reactive ketones (excluding diaryl/α,β-unsaturated/α-hetero) is 2. The fourth-order valence-electron chi connectivity index (χ4n) is 7.72. The Labute approximate surface area is 266 Å². The maximum atomic E-state index is 14.3. The number of amides is 1. The number of furan rings is 1. The van der Waals surface area contributed by atoms with Gasteiger partial charge in [-0.1, -0.05) is 0 Å². The van der Waals surface area contributed by atoms with Crippen LogP contribution in [0.2, 0.25) is 0 Å². The maximum absolute atomic E-state index is 14.3. The van der Waals surface area contributed by atoms with Crippen LogP contribution in [0.15, 0.2) is 45.3 Å². The quantitative estimate of drug-likeness (QED) is 0.286. The number of phenols is 1. The number of nitrogens with two attached hydrogens (primary N) is 1. The van der Waals surface area contributed by atoms with E-state index in [1.165, 1.54) is 4.90 Å². The first-order valence-corrected chi connectivity index (χ1v) is 15.4. The molecule has 4 atom stereocenters. The molecule has 0 radical (unpaired) electrons. The predicted molar refractivity (Wildman–Crippen MR) is 168 cm³/mol. The summed E-state index contributed by atoms with van der Waals surface area (Å²) < 4.78 is 6.18. The third-order valence-corrected chi connectivity index (χ3v) is 10.1. The number of carbonyl (C=O) groups is 3. The Kier molecular flexibility index (Phi) is 7.79. The number of fused-ring (bicyclic) bond motifs is 3. The number of rotatable bonds is 6. The van der Waals surface area contributed by atoms with E-state index in [2.05, 4.69) is 16.8 Å². The van der Waals surface area contributed by atoms with Gasteiger partial charge in [-0.2, -0.15) is 0 Å². The topological polar surface area (TPSA) is 184 Å². The van der Waals surface area contributed by atoms with E-state index in [9.17, 15) is 34.8 Å². The number of nitrogens with zero attached hydrogens (tertiary/aromatic N) is 4. The SMILES string of the molecule is CN1CCN(Cc2ccc(-c3cc(N(C)C)c4c(c3O)C(=O)C3=C(O)[C@@]5(O)C(=O)C(C(N)=O)=C(O)[C@H](N(C)C)[C@H]5C[C@H]3C4)o2)CC1. The Morgan fingerprint density at radius 2 is 1.76 bits per heavy atom. The number of piperazine rings is 1. The van der Waals surface area contributed by atoms with E-state index in [1.807, 2.05) is 25.1 Å². The first-order valence-electron chi connectivity index (χ1n) is 15.4. The van der Waals surface area contributed by atoms with Gasteiger partial charge in [0.05, 0.1) is 23.7 Å². The zero-order valence-corrected chi connectivity index (χ0v) is 26.7. The number of aliphatic hydroxyl groups excluding tert-OH is 2. The van der Waals surface area contributed by atoms with Crippen molar-refractivity contribution in [1.82, 2.24) is 14.7 Å². The summed E-state index contributed by atoms with van der Waals surface area (Å²) in [5.74, 6) is -5.76. The molecule has 1 fully saturated rings. The number of ketones is 2. The highest BCUT2D eigenvalue weighted by atomic mass is 16.4. The van der Waals surface area contributed by atoms with Crippen LogP contribution in [-0.4, -0.2) is 126 Å². The predicted octanol–water partition coefficient (Wildman–Crippen LogP) is 1.19. The molecular formula is C33H41N5O8. The number of hydrogen-bond acceptors (Lipinski definition) is 12. The van der Waals surface area contributed by atoms with Crippen LogP contribution in [0.3, 0.4) is 0 Å². The van der Waals surface area contributed by atoms with Crippen molar-refractivity contribution in [3.63, 3.8) is 0 Å². The van der Waals surface area contributed by atoms with Gasteiger partial charge < -0.3 is 40.4 Å². The summed E-state index contributed by atoms with van der Waals surface area (Å²) in [4.78, 5) is 48.1. The number of anilines is 1. The summed E-state index contributed by atoms with van der Waals surface area (Å²) >= 11 is 0. The number of phenolic OH excluding ortho intramolecular Hbond substituents is 1. The molecule has 0 saturated carbocycles. The summed E-state index contributed by atoms with van der Waals surface area (Å²) in [7, 11) is 8.92. The lowest BCUT2D eigenvalue weighted by Gasteiger charge is -2.50. The summed E-state index contributed by atoms with van der Waals surface area (Å²) in [5, 5.41) is 46.2. The number of allylic oxidation sites excluding steroid dienone is 1. The van der Waals surface area contributed by atoms with Gasteiger partial charge >= 0.3 is 0 Å². The molecule has 1 aromatic heterocycles. The fourth-order valence-corrected chi connectivity index (χ4v) is 7.72. The van der Waals surface area contributed by atoms with E-state index in [1.54, 1.807) is 26.2 Å². The number of carbonyl (C=O) groups excluding carboxylic acids is 3. The van der Waals surface area contributed by atoms with Crippen LogP contribution < -0.4 is 10.6 Å². The molecule has 0 bridgehead atoms. The van der Waals surface area contributed by atoms with Crippen molar-refractivity contribution in [2.24, 2.45) is 17.6 Å². The maximum Gasteiger partial charge on any atom is 0.255 e. The lowest BCUT2D eigenvalue weighted by molar-refractivity contribution is -0.148. The summed E-state index contributed by atoms with van der Waals surface area (Å²) in [5.41, 5.74) is 3.15. The smallest absolute Gasteiger partial charge is 0.255 e. The molecule has 1 saturated heterocycles. The molecule has 1 aliphatic heterocycles. The van der Waals surface area contributed by atoms with Crippen molar-refractivity contribution >= 4 is 23.2 Å². The van der Waals surface area contributed by atoms with E-state index in [4.69, 9.17) is 10.2 Å². The highest BCUT2D eigenvalue weighted by molar-refractivity contribution is 6.25. The van der Waals surface area contributed by atoms with Crippen LogP contribution >= 0.6 is 0 Å². The van der Waals surface area contributed by atoms with Gasteiger partial charge in [-0.25, -0.2) is 0 Å². The van der Waals surface area contributed by atoms with Gasteiger partial charge in [-0.3, -0.25) is 24.2 Å². The van der Waals surface area contributed by atoms with Crippen molar-refractivity contribution in [2.45, 2.75) is 31.0 Å². The third-order valence-electron chi connectivity index (χ3n) is 10.1. The molecule has 46 heavy (non-hydrogen) atoms. The Balaban J connectivity index is 1.45. The normalized spacial score (nSPS) is 27.2. The first-order chi connectivity index (χ1) is 21.7. The largest absolute Gasteiger partial charge is 0.510 e. The molecule has 0 unspecified atom stereocenters. The molecule has 6 rings (SSSR count). The van der Waals surface area contributed by atoms with Crippen LogP contribution in [0.25, 0.3) is 11.3 Å².